The zero-order valence-electron chi connectivity index (χ0n) is 11.6. The molecule has 1 aliphatic rings. The highest BCUT2D eigenvalue weighted by atomic mass is 16.6. The Morgan fingerprint density at radius 1 is 1.43 bits per heavy atom. The van der Waals surface area contributed by atoms with Crippen molar-refractivity contribution in [2.24, 2.45) is 0 Å². The number of aliphatic hydroxyl groups is 1. The lowest BCUT2D eigenvalue weighted by atomic mass is 10.0. The van der Waals surface area contributed by atoms with Crippen LogP contribution in [0, 0.1) is 10.1 Å². The van der Waals surface area contributed by atoms with Crippen LogP contribution < -0.4 is 0 Å². The van der Waals surface area contributed by atoms with Gasteiger partial charge in [0, 0.05) is 43.2 Å². The van der Waals surface area contributed by atoms with Crippen molar-refractivity contribution in [3.63, 3.8) is 0 Å². The van der Waals surface area contributed by atoms with Gasteiger partial charge in [0.15, 0.2) is 0 Å². The van der Waals surface area contributed by atoms with E-state index in [2.05, 4.69) is 0 Å². The number of hydrogen-bond donors (Lipinski definition) is 1. The van der Waals surface area contributed by atoms with Crippen LogP contribution in [0.3, 0.4) is 0 Å². The molecule has 2 aromatic rings. The number of aromatic nitrogens is 1. The van der Waals surface area contributed by atoms with Gasteiger partial charge in [-0.25, -0.2) is 0 Å². The lowest BCUT2D eigenvalue weighted by molar-refractivity contribution is -0.384. The third kappa shape index (κ3) is 1.97. The average molecular weight is 289 g/mol. The van der Waals surface area contributed by atoms with Gasteiger partial charge in [-0.15, -0.1) is 0 Å². The van der Waals surface area contributed by atoms with E-state index in [1.165, 1.54) is 12.1 Å². The summed E-state index contributed by atoms with van der Waals surface area (Å²) < 4.78 is 1.76. The molecule has 7 heteroatoms. The number of fused-ring (bicyclic) bond motifs is 3. The minimum Gasteiger partial charge on any atom is -0.395 e. The molecule has 1 N–H and O–H groups in total. The Hall–Kier alpha value is -2.41. The predicted molar refractivity (Wildman–Crippen MR) is 76.3 cm³/mol. The van der Waals surface area contributed by atoms with Gasteiger partial charge in [-0.3, -0.25) is 14.9 Å². The van der Waals surface area contributed by atoms with E-state index in [4.69, 9.17) is 0 Å². The molecule has 110 valence electrons. The van der Waals surface area contributed by atoms with Crippen LogP contribution in [0.1, 0.15) is 16.1 Å². The van der Waals surface area contributed by atoms with Gasteiger partial charge in [0.2, 0.25) is 0 Å². The highest BCUT2D eigenvalue weighted by Gasteiger charge is 2.29. The largest absolute Gasteiger partial charge is 0.395 e. The molecule has 1 amide bonds. The first-order valence-electron chi connectivity index (χ1n) is 6.70. The summed E-state index contributed by atoms with van der Waals surface area (Å²) in [6.45, 7) is 0.792. The number of hydrogen-bond acceptors (Lipinski definition) is 4. The number of carbonyl (C=O) groups excluding carboxylic acids is 1. The standard InChI is InChI=1S/C14H15N3O4/c1-15-5-4-10-11-8-9(17(20)21)2-3-12(11)16(6-7-18)13(10)14(15)19/h2-3,8,18H,4-7H2,1H3. The Bertz CT molecular complexity index is 750. The quantitative estimate of drug-likeness (QED) is 0.678. The van der Waals surface area contributed by atoms with Crippen molar-refractivity contribution in [1.82, 2.24) is 9.47 Å². The number of likely N-dealkylation sites (N-methyl/N-ethyl adjacent to an activating group) is 1. The number of nitrogens with zero attached hydrogens (tertiary/aromatic N) is 3. The van der Waals surface area contributed by atoms with Gasteiger partial charge in [0.1, 0.15) is 5.69 Å². The molecule has 7 nitrogen and oxygen atoms in total. The molecule has 0 radical (unpaired) electrons. The van der Waals surface area contributed by atoms with Crippen molar-refractivity contribution < 1.29 is 14.8 Å². The minimum atomic E-state index is -0.439. The zero-order chi connectivity index (χ0) is 15.1. The van der Waals surface area contributed by atoms with Crippen LogP contribution >= 0.6 is 0 Å². The third-order valence-electron chi connectivity index (χ3n) is 3.93. The van der Waals surface area contributed by atoms with E-state index < -0.39 is 4.92 Å². The summed E-state index contributed by atoms with van der Waals surface area (Å²) in [4.78, 5) is 24.5. The Balaban J connectivity index is 2.32. The molecule has 0 unspecified atom stereocenters. The molecule has 21 heavy (non-hydrogen) atoms. The first-order chi connectivity index (χ1) is 10.0. The fourth-order valence-corrected chi connectivity index (χ4v) is 2.92. The van der Waals surface area contributed by atoms with Crippen molar-refractivity contribution in [2.45, 2.75) is 13.0 Å². The first kappa shape index (κ1) is 13.6. The molecule has 2 heterocycles. The molecule has 0 saturated carbocycles. The maximum atomic E-state index is 12.4. The monoisotopic (exact) mass is 289 g/mol. The van der Waals surface area contributed by atoms with Crippen LogP contribution in [0.25, 0.3) is 10.9 Å². The number of carbonyl (C=O) groups is 1. The fraction of sp³-hybridized carbons (Fsp3) is 0.357. The van der Waals surface area contributed by atoms with Crippen molar-refractivity contribution >= 4 is 22.5 Å². The van der Waals surface area contributed by atoms with Crippen molar-refractivity contribution in [3.05, 3.63) is 39.6 Å². The number of non-ortho nitro benzene ring substituents is 1. The SMILES string of the molecule is CN1CCc2c(n(CCO)c3ccc([N+](=O)[O-])cc23)C1=O. The van der Waals surface area contributed by atoms with Crippen LogP contribution in [0.15, 0.2) is 18.2 Å². The Morgan fingerprint density at radius 3 is 2.86 bits per heavy atom. The second-order valence-corrected chi connectivity index (χ2v) is 5.14. The summed E-state index contributed by atoms with van der Waals surface area (Å²) in [6, 6.07) is 4.59. The maximum Gasteiger partial charge on any atom is 0.270 e. The van der Waals surface area contributed by atoms with Crippen molar-refractivity contribution in [3.8, 4) is 0 Å². The molecule has 0 spiro atoms. The molecule has 0 bridgehead atoms. The van der Waals surface area contributed by atoms with Gasteiger partial charge in [0.05, 0.1) is 11.5 Å². The van der Waals surface area contributed by atoms with Gasteiger partial charge >= 0.3 is 0 Å². The summed E-state index contributed by atoms with van der Waals surface area (Å²) >= 11 is 0. The zero-order valence-corrected chi connectivity index (χ0v) is 11.6. The van der Waals surface area contributed by atoms with E-state index in [-0.39, 0.29) is 18.2 Å². The number of benzene rings is 1. The van der Waals surface area contributed by atoms with Gasteiger partial charge in [-0.2, -0.15) is 0 Å². The van der Waals surface area contributed by atoms with Gasteiger partial charge in [-0.05, 0) is 18.1 Å². The van der Waals surface area contributed by atoms with Crippen LogP contribution in [-0.2, 0) is 13.0 Å². The predicted octanol–water partition coefficient (Wildman–Crippen LogP) is 1.17. The van der Waals surface area contributed by atoms with Crippen molar-refractivity contribution in [2.75, 3.05) is 20.2 Å². The Kier molecular flexibility index (Phi) is 3.13. The van der Waals surface area contributed by atoms with Crippen molar-refractivity contribution in [1.29, 1.82) is 0 Å². The van der Waals surface area contributed by atoms with E-state index in [1.54, 1.807) is 22.6 Å². The van der Waals surface area contributed by atoms with E-state index in [0.717, 1.165) is 16.5 Å². The summed E-state index contributed by atoms with van der Waals surface area (Å²) in [5, 5.41) is 20.9. The lowest BCUT2D eigenvalue weighted by Crippen LogP contribution is -2.35. The molecular weight excluding hydrogens is 274 g/mol. The number of aliphatic hydroxyl groups excluding tert-OH is 1. The summed E-state index contributed by atoms with van der Waals surface area (Å²) in [6.07, 6.45) is 0.660. The molecule has 3 rings (SSSR count). The van der Waals surface area contributed by atoms with Gasteiger partial charge in [-0.1, -0.05) is 0 Å². The van der Waals surface area contributed by atoms with Gasteiger partial charge in [0.25, 0.3) is 11.6 Å². The van der Waals surface area contributed by atoms with E-state index >= 15 is 0 Å². The number of rotatable bonds is 3. The van der Waals surface area contributed by atoms with Crippen LogP contribution in [0.4, 0.5) is 5.69 Å². The smallest absolute Gasteiger partial charge is 0.270 e. The van der Waals surface area contributed by atoms with E-state index in [1.807, 2.05) is 0 Å². The number of nitro groups is 1. The summed E-state index contributed by atoms with van der Waals surface area (Å²) in [5.41, 5.74) is 2.14. The highest BCUT2D eigenvalue weighted by Crippen LogP contribution is 2.32. The maximum absolute atomic E-state index is 12.4. The molecule has 0 saturated heterocycles. The molecule has 1 aromatic heterocycles. The van der Waals surface area contributed by atoms with E-state index in [9.17, 15) is 20.0 Å². The number of amides is 1. The summed E-state index contributed by atoms with van der Waals surface area (Å²) in [5.74, 6) is -0.108. The minimum absolute atomic E-state index is 0.0119. The second kappa shape index (κ2) is 4.85. The van der Waals surface area contributed by atoms with Crippen LogP contribution in [-0.4, -0.2) is 45.6 Å². The normalized spacial score (nSPS) is 14.6. The van der Waals surface area contributed by atoms with Gasteiger partial charge < -0.3 is 14.6 Å². The average Bonchev–Trinajstić information content (AvgIpc) is 2.77. The molecule has 1 aromatic carbocycles. The number of nitro benzene ring substituents is 1. The first-order valence-corrected chi connectivity index (χ1v) is 6.70. The Morgan fingerprint density at radius 2 is 2.19 bits per heavy atom. The third-order valence-corrected chi connectivity index (χ3v) is 3.93. The molecule has 0 aliphatic carbocycles. The molecule has 1 aliphatic heterocycles. The molecule has 0 atom stereocenters. The highest BCUT2D eigenvalue weighted by molar-refractivity contribution is 6.03. The molecular formula is C14H15N3O4. The Labute approximate surface area is 120 Å². The van der Waals surface area contributed by atoms with E-state index in [0.29, 0.717) is 25.2 Å². The fourth-order valence-electron chi connectivity index (χ4n) is 2.92. The lowest BCUT2D eigenvalue weighted by Gasteiger charge is -2.24. The topological polar surface area (TPSA) is 88.6 Å². The summed E-state index contributed by atoms with van der Waals surface area (Å²) in [7, 11) is 1.73. The van der Waals surface area contributed by atoms with Crippen LogP contribution in [0.2, 0.25) is 0 Å². The molecule has 0 fully saturated rings. The van der Waals surface area contributed by atoms with Crippen LogP contribution in [0.5, 0.6) is 0 Å². The second-order valence-electron chi connectivity index (χ2n) is 5.14.